The molecule has 0 unspecified atom stereocenters. The lowest BCUT2D eigenvalue weighted by Gasteiger charge is -2.19. The van der Waals surface area contributed by atoms with E-state index in [4.69, 9.17) is 0 Å². The fraction of sp³-hybridized carbons (Fsp3) is 0. The summed E-state index contributed by atoms with van der Waals surface area (Å²) in [6.45, 7) is 0. The van der Waals surface area contributed by atoms with Crippen molar-refractivity contribution in [1.82, 2.24) is 0 Å². The summed E-state index contributed by atoms with van der Waals surface area (Å²) in [6, 6.07) is 72.3. The lowest BCUT2D eigenvalue weighted by atomic mass is 9.84. The minimum atomic E-state index is 1.24. The number of hydrogen-bond donors (Lipinski definition) is 0. The summed E-state index contributed by atoms with van der Waals surface area (Å²) in [4.78, 5) is 0. The second-order valence-electron chi connectivity index (χ2n) is 14.8. The van der Waals surface area contributed by atoms with E-state index < -0.39 is 0 Å². The molecule has 0 aliphatic heterocycles. The summed E-state index contributed by atoms with van der Waals surface area (Å²) in [5.41, 5.74) is 7.58. The van der Waals surface area contributed by atoms with E-state index in [1.165, 1.54) is 118 Å². The highest BCUT2D eigenvalue weighted by molar-refractivity contribution is 7.26. The molecule has 1 aromatic heterocycles. The summed E-state index contributed by atoms with van der Waals surface area (Å²) in [5, 5.41) is 18.0. The van der Waals surface area contributed by atoms with Gasteiger partial charge in [-0.25, -0.2) is 0 Å². The van der Waals surface area contributed by atoms with E-state index in [-0.39, 0.29) is 0 Å². The smallest absolute Gasteiger partial charge is 0.0433 e. The van der Waals surface area contributed by atoms with Crippen LogP contribution in [0.5, 0.6) is 0 Å². The van der Waals surface area contributed by atoms with Gasteiger partial charge in [-0.05, 0) is 128 Å². The van der Waals surface area contributed by atoms with Crippen LogP contribution in [0.4, 0.5) is 0 Å². The van der Waals surface area contributed by atoms with Crippen molar-refractivity contribution in [2.45, 2.75) is 0 Å². The van der Waals surface area contributed by atoms with Gasteiger partial charge in [-0.15, -0.1) is 11.3 Å². The first-order chi connectivity index (χ1) is 27.2. The topological polar surface area (TPSA) is 0 Å². The van der Waals surface area contributed by atoms with Crippen molar-refractivity contribution >= 4 is 96.1 Å². The van der Waals surface area contributed by atoms with Gasteiger partial charge in [-0.2, -0.15) is 0 Å². The van der Waals surface area contributed by atoms with Crippen molar-refractivity contribution in [1.29, 1.82) is 0 Å². The van der Waals surface area contributed by atoms with Crippen molar-refractivity contribution < 1.29 is 0 Å². The van der Waals surface area contributed by atoms with Crippen molar-refractivity contribution in [3.63, 3.8) is 0 Å². The third-order valence-corrected chi connectivity index (χ3v) is 13.0. The van der Waals surface area contributed by atoms with Gasteiger partial charge in [0.15, 0.2) is 0 Å². The van der Waals surface area contributed by atoms with Gasteiger partial charge in [0, 0.05) is 20.2 Å². The molecule has 55 heavy (non-hydrogen) atoms. The average Bonchev–Trinajstić information content (AvgIpc) is 3.61. The van der Waals surface area contributed by atoms with Crippen molar-refractivity contribution in [3.05, 3.63) is 194 Å². The monoisotopic (exact) mass is 712 g/mol. The Bertz CT molecular complexity index is 3490. The zero-order valence-electron chi connectivity index (χ0n) is 29.9. The third-order valence-electron chi connectivity index (χ3n) is 11.8. The summed E-state index contributed by atoms with van der Waals surface area (Å²) in [7, 11) is 0. The quantitative estimate of drug-likeness (QED) is 0.160. The molecule has 12 rings (SSSR count). The first kappa shape index (κ1) is 30.6. The van der Waals surface area contributed by atoms with Crippen LogP contribution in [0.25, 0.3) is 118 Å². The van der Waals surface area contributed by atoms with Crippen LogP contribution < -0.4 is 0 Å². The summed E-state index contributed by atoms with van der Waals surface area (Å²) >= 11 is 1.91. The molecule has 0 fully saturated rings. The summed E-state index contributed by atoms with van der Waals surface area (Å²) < 4.78 is 2.71. The van der Waals surface area contributed by atoms with Crippen LogP contribution >= 0.6 is 11.3 Å². The molecule has 11 aromatic carbocycles. The standard InChI is InChI=1S/C54H32S/c1-2-12-35-32-51-50(31-34(35)11-1)49-27-25-40-29-39(24-26-43(40)54(49)55-51)36-20-21-38-30-41(23-22-37(38)28-36)52-45-15-5-7-17-47(45)53(48-18-8-6-16-46(48)52)44-19-9-13-33-10-3-4-14-42(33)44/h1-32H. The molecule has 12 aromatic rings. The normalized spacial score (nSPS) is 12.0. The Morgan fingerprint density at radius 2 is 0.745 bits per heavy atom. The second kappa shape index (κ2) is 11.9. The highest BCUT2D eigenvalue weighted by Gasteiger charge is 2.18. The van der Waals surface area contributed by atoms with Crippen LogP contribution in [0.1, 0.15) is 0 Å². The Morgan fingerprint density at radius 1 is 0.255 bits per heavy atom. The maximum Gasteiger partial charge on any atom is 0.0433 e. The molecule has 0 N–H and O–H groups in total. The van der Waals surface area contributed by atoms with Gasteiger partial charge in [0.2, 0.25) is 0 Å². The van der Waals surface area contributed by atoms with Gasteiger partial charge in [0.05, 0.1) is 0 Å². The van der Waals surface area contributed by atoms with Gasteiger partial charge in [-0.1, -0.05) is 164 Å². The molecule has 0 saturated heterocycles. The minimum Gasteiger partial charge on any atom is -0.135 e. The van der Waals surface area contributed by atoms with Crippen LogP contribution in [-0.2, 0) is 0 Å². The maximum absolute atomic E-state index is 2.38. The van der Waals surface area contributed by atoms with Crippen molar-refractivity contribution in [3.8, 4) is 33.4 Å². The highest BCUT2D eigenvalue weighted by atomic mass is 32.1. The summed E-state index contributed by atoms with van der Waals surface area (Å²) in [6.07, 6.45) is 0. The number of rotatable bonds is 3. The van der Waals surface area contributed by atoms with E-state index >= 15 is 0 Å². The molecule has 0 atom stereocenters. The molecular weight excluding hydrogens is 681 g/mol. The Hall–Kier alpha value is -6.80. The SMILES string of the molecule is c1ccc2cc3c(cc2c1)sc1c2ccc(-c4ccc5cc(-c6c7ccccc7c(-c7cccc8ccccc78)c7ccccc67)ccc5c4)cc2ccc31. The molecule has 0 radical (unpaired) electrons. The number of thiophene rings is 1. The predicted octanol–water partition coefficient (Wildman–Crippen LogP) is 16.0. The molecular formula is C54H32S. The largest absolute Gasteiger partial charge is 0.135 e. The van der Waals surface area contributed by atoms with Crippen LogP contribution in [0.15, 0.2) is 194 Å². The lowest BCUT2D eigenvalue weighted by molar-refractivity contribution is 1.67. The Labute approximate surface area is 322 Å². The van der Waals surface area contributed by atoms with Crippen molar-refractivity contribution in [2.24, 2.45) is 0 Å². The van der Waals surface area contributed by atoms with E-state index in [9.17, 15) is 0 Å². The lowest BCUT2D eigenvalue weighted by Crippen LogP contribution is -1.91. The fourth-order valence-corrected chi connectivity index (χ4v) is 10.4. The fourth-order valence-electron chi connectivity index (χ4n) is 9.18. The Balaban J connectivity index is 0.976. The van der Waals surface area contributed by atoms with Gasteiger partial charge < -0.3 is 0 Å². The van der Waals surface area contributed by atoms with Gasteiger partial charge in [0.25, 0.3) is 0 Å². The Kier molecular flexibility index (Phi) is 6.60. The van der Waals surface area contributed by atoms with Gasteiger partial charge in [0.1, 0.15) is 0 Å². The van der Waals surface area contributed by atoms with E-state index in [0.29, 0.717) is 0 Å². The molecule has 1 heteroatoms. The van der Waals surface area contributed by atoms with E-state index in [0.717, 1.165) is 0 Å². The summed E-state index contributed by atoms with van der Waals surface area (Å²) in [5.74, 6) is 0. The molecule has 0 amide bonds. The second-order valence-corrected chi connectivity index (χ2v) is 15.9. The molecule has 1 heterocycles. The molecule has 0 aliphatic rings. The zero-order chi connectivity index (χ0) is 36.0. The zero-order valence-corrected chi connectivity index (χ0v) is 30.7. The van der Waals surface area contributed by atoms with E-state index in [1.807, 2.05) is 11.3 Å². The minimum absolute atomic E-state index is 1.24. The molecule has 0 bridgehead atoms. The van der Waals surface area contributed by atoms with Crippen molar-refractivity contribution in [2.75, 3.05) is 0 Å². The maximum atomic E-state index is 2.38. The van der Waals surface area contributed by atoms with Gasteiger partial charge in [-0.3, -0.25) is 0 Å². The third kappa shape index (κ3) is 4.70. The van der Waals surface area contributed by atoms with Crippen LogP contribution in [0.3, 0.4) is 0 Å². The molecule has 0 aliphatic carbocycles. The van der Waals surface area contributed by atoms with Crippen LogP contribution in [0.2, 0.25) is 0 Å². The van der Waals surface area contributed by atoms with Gasteiger partial charge >= 0.3 is 0 Å². The Morgan fingerprint density at radius 3 is 1.47 bits per heavy atom. The molecule has 0 spiro atoms. The molecule has 254 valence electrons. The number of benzene rings is 11. The van der Waals surface area contributed by atoms with Crippen LogP contribution in [-0.4, -0.2) is 0 Å². The van der Waals surface area contributed by atoms with E-state index in [1.54, 1.807) is 0 Å². The molecule has 0 saturated carbocycles. The first-order valence-corrected chi connectivity index (χ1v) is 19.8. The molecule has 0 nitrogen and oxygen atoms in total. The first-order valence-electron chi connectivity index (χ1n) is 19.0. The average molecular weight is 713 g/mol. The highest BCUT2D eigenvalue weighted by Crippen LogP contribution is 2.46. The van der Waals surface area contributed by atoms with E-state index in [2.05, 4.69) is 194 Å². The predicted molar refractivity (Wildman–Crippen MR) is 241 cm³/mol. The number of hydrogen-bond acceptors (Lipinski definition) is 1. The van der Waals surface area contributed by atoms with Crippen LogP contribution in [0, 0.1) is 0 Å². The number of fused-ring (bicyclic) bond motifs is 10.